The van der Waals surface area contributed by atoms with Crippen molar-refractivity contribution in [2.24, 2.45) is 0 Å². The fraction of sp³-hybridized carbons (Fsp3) is 0.429. The number of alkyl halides is 2. The number of benzene rings is 1. The molecule has 0 saturated carbocycles. The number of anilines is 1. The third-order valence-corrected chi connectivity index (χ3v) is 5.23. The maximum Gasteiger partial charge on any atom is 0.326 e. The van der Waals surface area contributed by atoms with Crippen LogP contribution in [0, 0.1) is 5.82 Å². The molecule has 1 N–H and O–H groups in total. The normalized spacial score (nSPS) is 15.0. The van der Waals surface area contributed by atoms with E-state index in [0.29, 0.717) is 0 Å². The molecule has 1 atom stereocenters. The molecule has 0 amide bonds. The summed E-state index contributed by atoms with van der Waals surface area (Å²) in [6, 6.07) is 2.70. The largest absolute Gasteiger partial charge is 0.468 e. The van der Waals surface area contributed by atoms with E-state index in [4.69, 9.17) is 30.5 Å². The molecule has 3 rings (SSSR count). The van der Waals surface area contributed by atoms with Gasteiger partial charge in [0.25, 0.3) is 6.43 Å². The number of aromatic nitrogens is 2. The molecule has 2 heterocycles. The van der Waals surface area contributed by atoms with Crippen molar-refractivity contribution in [1.29, 1.82) is 0 Å². The molecular formula is C21H21ClF3N3O6. The number of carbonyl (C=O) groups excluding carboxylic acids is 2. The van der Waals surface area contributed by atoms with Crippen LogP contribution < -0.4 is 5.32 Å². The van der Waals surface area contributed by atoms with Gasteiger partial charge in [-0.25, -0.2) is 23.1 Å². The van der Waals surface area contributed by atoms with E-state index >= 15 is 0 Å². The Bertz CT molecular complexity index is 1050. The fourth-order valence-corrected chi connectivity index (χ4v) is 3.63. The molecular weight excluding hydrogens is 483 g/mol. The van der Waals surface area contributed by atoms with Gasteiger partial charge in [0.05, 0.1) is 50.3 Å². The van der Waals surface area contributed by atoms with Gasteiger partial charge in [-0.1, -0.05) is 18.2 Å². The summed E-state index contributed by atoms with van der Waals surface area (Å²) in [6.07, 6.45) is -4.13. The Balaban J connectivity index is 2.13. The minimum atomic E-state index is -3.01. The summed E-state index contributed by atoms with van der Waals surface area (Å²) in [7, 11) is 2.15. The summed E-state index contributed by atoms with van der Waals surface area (Å²) in [5, 5.41) is 2.51. The van der Waals surface area contributed by atoms with Crippen molar-refractivity contribution >= 4 is 29.4 Å². The standard InChI is InChI=1S/C21H21ClF3N3O6/c1-9(10-5-4-6-11(14(10)23)16(24)25)26-17-12(20-33-7-8-34-20)15(27-21(22)28-17)13(18(29)31-2)19(30)32-3/h4-6,9,13,16,20H,7-8H2,1-3H3,(H,26,27,28)/t9-/m1/s1. The van der Waals surface area contributed by atoms with E-state index in [1.807, 2.05) is 0 Å². The Hall–Kier alpha value is -2.96. The predicted octanol–water partition coefficient (Wildman–Crippen LogP) is 3.85. The van der Waals surface area contributed by atoms with E-state index in [1.54, 1.807) is 0 Å². The number of rotatable bonds is 8. The second kappa shape index (κ2) is 11.0. The van der Waals surface area contributed by atoms with Crippen molar-refractivity contribution in [1.82, 2.24) is 9.97 Å². The highest BCUT2D eigenvalue weighted by molar-refractivity contribution is 6.28. The van der Waals surface area contributed by atoms with Crippen molar-refractivity contribution in [3.8, 4) is 0 Å². The highest BCUT2D eigenvalue weighted by atomic mass is 35.5. The Kier molecular flexibility index (Phi) is 8.28. The Morgan fingerprint density at radius 3 is 2.26 bits per heavy atom. The van der Waals surface area contributed by atoms with Crippen LogP contribution in [0.15, 0.2) is 18.2 Å². The molecule has 1 aliphatic heterocycles. The molecule has 1 fully saturated rings. The Morgan fingerprint density at radius 1 is 1.12 bits per heavy atom. The SMILES string of the molecule is COC(=O)C(C(=O)OC)c1nc(Cl)nc(N[C@H](C)c2cccc(C(F)F)c2F)c1C1OCCO1. The Morgan fingerprint density at radius 2 is 1.71 bits per heavy atom. The van der Waals surface area contributed by atoms with Crippen molar-refractivity contribution in [3.05, 3.63) is 51.7 Å². The van der Waals surface area contributed by atoms with Gasteiger partial charge in [-0.2, -0.15) is 0 Å². The van der Waals surface area contributed by atoms with Crippen molar-refractivity contribution in [2.45, 2.75) is 31.6 Å². The summed E-state index contributed by atoms with van der Waals surface area (Å²) in [5.41, 5.74) is -1.01. The minimum Gasteiger partial charge on any atom is -0.468 e. The second-order valence-electron chi connectivity index (χ2n) is 7.11. The number of hydrogen-bond donors (Lipinski definition) is 1. The number of methoxy groups -OCH3 is 2. The molecule has 184 valence electrons. The average Bonchev–Trinajstić information content (AvgIpc) is 3.32. The van der Waals surface area contributed by atoms with Crippen LogP contribution in [0.3, 0.4) is 0 Å². The molecule has 0 bridgehead atoms. The molecule has 2 aromatic rings. The molecule has 34 heavy (non-hydrogen) atoms. The van der Waals surface area contributed by atoms with Crippen LogP contribution in [0.1, 0.15) is 54.0 Å². The van der Waals surface area contributed by atoms with Crippen LogP contribution in [-0.2, 0) is 28.5 Å². The lowest BCUT2D eigenvalue weighted by Gasteiger charge is -2.24. The average molecular weight is 504 g/mol. The highest BCUT2D eigenvalue weighted by Crippen LogP contribution is 2.38. The topological polar surface area (TPSA) is 109 Å². The van der Waals surface area contributed by atoms with E-state index in [1.165, 1.54) is 19.1 Å². The minimum absolute atomic E-state index is 0.0278. The summed E-state index contributed by atoms with van der Waals surface area (Å²) >= 11 is 6.07. The molecule has 13 heteroatoms. The molecule has 9 nitrogen and oxygen atoms in total. The van der Waals surface area contributed by atoms with Gasteiger partial charge < -0.3 is 24.3 Å². The lowest BCUT2D eigenvalue weighted by Crippen LogP contribution is -2.28. The van der Waals surface area contributed by atoms with E-state index in [0.717, 1.165) is 20.3 Å². The van der Waals surface area contributed by atoms with Crippen LogP contribution in [0.25, 0.3) is 0 Å². The monoisotopic (exact) mass is 503 g/mol. The van der Waals surface area contributed by atoms with Crippen molar-refractivity contribution in [3.63, 3.8) is 0 Å². The maximum atomic E-state index is 14.7. The maximum absolute atomic E-state index is 14.7. The number of carbonyl (C=O) groups is 2. The molecule has 0 unspecified atom stereocenters. The molecule has 1 aromatic heterocycles. The van der Waals surface area contributed by atoms with E-state index in [2.05, 4.69) is 15.3 Å². The first-order valence-electron chi connectivity index (χ1n) is 9.98. The quantitative estimate of drug-likeness (QED) is 0.326. The van der Waals surface area contributed by atoms with Crippen LogP contribution in [0.5, 0.6) is 0 Å². The first kappa shape index (κ1) is 25.7. The molecule has 0 aliphatic carbocycles. The zero-order valence-corrected chi connectivity index (χ0v) is 19.1. The number of esters is 2. The van der Waals surface area contributed by atoms with E-state index in [9.17, 15) is 22.8 Å². The number of hydrogen-bond acceptors (Lipinski definition) is 9. The first-order chi connectivity index (χ1) is 16.2. The number of halogens is 4. The number of nitrogens with zero attached hydrogens (tertiary/aromatic N) is 2. The summed E-state index contributed by atoms with van der Waals surface area (Å²) in [6.45, 7) is 1.88. The predicted molar refractivity (Wildman–Crippen MR) is 112 cm³/mol. The van der Waals surface area contributed by atoms with E-state index < -0.39 is 48.0 Å². The van der Waals surface area contributed by atoms with Crippen LogP contribution in [-0.4, -0.2) is 49.3 Å². The fourth-order valence-electron chi connectivity index (χ4n) is 3.46. The number of ether oxygens (including phenoxy) is 4. The summed E-state index contributed by atoms with van der Waals surface area (Å²) < 4.78 is 61.6. The van der Waals surface area contributed by atoms with E-state index in [-0.39, 0.29) is 41.1 Å². The van der Waals surface area contributed by atoms with Crippen LogP contribution >= 0.6 is 11.6 Å². The van der Waals surface area contributed by atoms with Gasteiger partial charge in [-0.15, -0.1) is 0 Å². The van der Waals surface area contributed by atoms with Crippen molar-refractivity contribution in [2.75, 3.05) is 32.8 Å². The Labute approximate surface area is 197 Å². The lowest BCUT2D eigenvalue weighted by atomic mass is 9.99. The van der Waals surface area contributed by atoms with Gasteiger partial charge in [0.2, 0.25) is 5.28 Å². The lowest BCUT2D eigenvalue weighted by molar-refractivity contribution is -0.154. The zero-order valence-electron chi connectivity index (χ0n) is 18.3. The molecule has 1 aromatic carbocycles. The third-order valence-electron chi connectivity index (χ3n) is 5.07. The van der Waals surface area contributed by atoms with Crippen LogP contribution in [0.4, 0.5) is 19.0 Å². The summed E-state index contributed by atoms with van der Waals surface area (Å²) in [4.78, 5) is 33.0. The van der Waals surface area contributed by atoms with Crippen LogP contribution in [0.2, 0.25) is 5.28 Å². The molecule has 1 saturated heterocycles. The first-order valence-corrected chi connectivity index (χ1v) is 10.4. The smallest absolute Gasteiger partial charge is 0.326 e. The van der Waals surface area contributed by atoms with Gasteiger partial charge in [-0.05, 0) is 18.5 Å². The zero-order chi connectivity index (χ0) is 25.0. The van der Waals surface area contributed by atoms with Gasteiger partial charge in [0, 0.05) is 5.56 Å². The molecule has 0 spiro atoms. The van der Waals surface area contributed by atoms with Gasteiger partial charge in [0.15, 0.2) is 12.2 Å². The van der Waals surface area contributed by atoms with Gasteiger partial charge >= 0.3 is 11.9 Å². The van der Waals surface area contributed by atoms with Crippen molar-refractivity contribution < 1.29 is 41.7 Å². The molecule has 0 radical (unpaired) electrons. The third kappa shape index (κ3) is 5.24. The van der Waals surface area contributed by atoms with Gasteiger partial charge in [0.1, 0.15) is 11.6 Å². The molecule has 1 aliphatic rings. The van der Waals surface area contributed by atoms with Gasteiger partial charge in [-0.3, -0.25) is 9.59 Å². The number of nitrogens with one attached hydrogen (secondary N) is 1. The summed E-state index contributed by atoms with van der Waals surface area (Å²) in [5.74, 6) is -4.79. The second-order valence-corrected chi connectivity index (χ2v) is 7.45. The highest BCUT2D eigenvalue weighted by Gasteiger charge is 2.39.